The maximum atomic E-state index is 2.39. The summed E-state index contributed by atoms with van der Waals surface area (Å²) in [6.45, 7) is 2.36. The molecule has 0 aliphatic heterocycles. The fourth-order valence-corrected chi connectivity index (χ4v) is 4.89. The summed E-state index contributed by atoms with van der Waals surface area (Å²) in [7, 11) is -0.344. The third-order valence-corrected chi connectivity index (χ3v) is 6.42. The first-order valence-corrected chi connectivity index (χ1v) is 9.33. The fraction of sp³-hybridized carbons (Fsp3) is 0.0476. The van der Waals surface area contributed by atoms with Crippen LogP contribution in [0.2, 0.25) is 0 Å². The first-order valence-electron chi connectivity index (χ1n) is 7.54. The van der Waals surface area contributed by atoms with Gasteiger partial charge in [-0.15, -0.1) is 0 Å². The molecular weight excluding hydrogens is 283 g/mol. The zero-order valence-electron chi connectivity index (χ0n) is 12.5. The van der Waals surface area contributed by atoms with Crippen LogP contribution in [0.25, 0.3) is 21.5 Å². The van der Waals surface area contributed by atoms with Crippen LogP contribution < -0.4 is 10.6 Å². The van der Waals surface area contributed by atoms with Gasteiger partial charge >= 0.3 is 0 Å². The summed E-state index contributed by atoms with van der Waals surface area (Å²) in [5, 5.41) is 8.33. The van der Waals surface area contributed by atoms with E-state index in [1.54, 1.807) is 0 Å². The highest BCUT2D eigenvalue weighted by Crippen LogP contribution is 2.35. The van der Waals surface area contributed by atoms with Gasteiger partial charge in [0, 0.05) is 0 Å². The average molecular weight is 300 g/mol. The van der Waals surface area contributed by atoms with Gasteiger partial charge in [-0.1, -0.05) is 78.9 Å². The fourth-order valence-electron chi connectivity index (χ4n) is 3.10. The summed E-state index contributed by atoms with van der Waals surface area (Å²) >= 11 is 0. The third kappa shape index (κ3) is 2.21. The molecule has 1 unspecified atom stereocenters. The Bertz CT molecular complexity index is 941. The molecule has 0 saturated heterocycles. The van der Waals surface area contributed by atoms with Crippen molar-refractivity contribution < 1.29 is 0 Å². The topological polar surface area (TPSA) is 0 Å². The molecule has 4 rings (SSSR count). The smallest absolute Gasteiger partial charge is 0.00973 e. The summed E-state index contributed by atoms with van der Waals surface area (Å²) in [6, 6.07) is 30.7. The van der Waals surface area contributed by atoms with Crippen molar-refractivity contribution in [3.8, 4) is 0 Å². The molecule has 0 bridgehead atoms. The van der Waals surface area contributed by atoms with Gasteiger partial charge < -0.3 is 0 Å². The zero-order chi connectivity index (χ0) is 14.9. The summed E-state index contributed by atoms with van der Waals surface area (Å²) in [5.74, 6) is 0. The van der Waals surface area contributed by atoms with E-state index in [1.807, 2.05) is 0 Å². The summed E-state index contributed by atoms with van der Waals surface area (Å²) in [5.41, 5.74) is 0. The van der Waals surface area contributed by atoms with Gasteiger partial charge in [0.15, 0.2) is 0 Å². The van der Waals surface area contributed by atoms with Crippen molar-refractivity contribution in [3.05, 3.63) is 84.9 Å². The number of hydrogen-bond acceptors (Lipinski definition) is 0. The lowest BCUT2D eigenvalue weighted by atomic mass is 10.0. The molecule has 0 amide bonds. The lowest BCUT2D eigenvalue weighted by Gasteiger charge is -2.17. The molecule has 22 heavy (non-hydrogen) atoms. The molecule has 106 valence electrons. The predicted octanol–water partition coefficient (Wildman–Crippen LogP) is 5.06. The molecule has 0 heterocycles. The van der Waals surface area contributed by atoms with Crippen LogP contribution >= 0.6 is 7.92 Å². The van der Waals surface area contributed by atoms with Crippen LogP contribution in [0.4, 0.5) is 0 Å². The molecule has 0 fully saturated rings. The minimum absolute atomic E-state index is 0.344. The minimum atomic E-state index is -0.344. The van der Waals surface area contributed by atoms with E-state index >= 15 is 0 Å². The largest absolute Gasteiger partial charge is 0.0622 e. The monoisotopic (exact) mass is 300 g/mol. The Morgan fingerprint density at radius 1 is 0.591 bits per heavy atom. The van der Waals surface area contributed by atoms with Crippen molar-refractivity contribution in [2.75, 3.05) is 6.66 Å². The highest BCUT2D eigenvalue weighted by Gasteiger charge is 2.13. The highest BCUT2D eigenvalue weighted by atomic mass is 31.1. The normalized spacial score (nSPS) is 12.6. The average Bonchev–Trinajstić information content (AvgIpc) is 2.61. The first kappa shape index (κ1) is 13.5. The standard InChI is InChI=1S/C21H17P/c1-22(17-10-3-2-4-11-17)21-15-16-9-5-6-12-18(16)19-13-7-8-14-20(19)21/h2-15H,1H3. The van der Waals surface area contributed by atoms with Crippen molar-refractivity contribution in [3.63, 3.8) is 0 Å². The molecule has 0 spiro atoms. The molecule has 1 heteroatoms. The Balaban J connectivity index is 2.04. The Kier molecular flexibility index (Phi) is 3.41. The van der Waals surface area contributed by atoms with Crippen LogP contribution in [-0.4, -0.2) is 6.66 Å². The second-order valence-corrected chi connectivity index (χ2v) is 7.67. The van der Waals surface area contributed by atoms with Crippen LogP contribution in [0, 0.1) is 0 Å². The van der Waals surface area contributed by atoms with Gasteiger partial charge in [0.25, 0.3) is 0 Å². The Morgan fingerprint density at radius 2 is 1.18 bits per heavy atom. The van der Waals surface area contributed by atoms with Gasteiger partial charge in [-0.25, -0.2) is 0 Å². The van der Waals surface area contributed by atoms with Crippen molar-refractivity contribution in [1.82, 2.24) is 0 Å². The maximum absolute atomic E-state index is 2.39. The summed E-state index contributed by atoms with van der Waals surface area (Å²) in [4.78, 5) is 0. The Morgan fingerprint density at radius 3 is 1.95 bits per heavy atom. The van der Waals surface area contributed by atoms with Crippen molar-refractivity contribution in [1.29, 1.82) is 0 Å². The molecule has 0 nitrogen and oxygen atoms in total. The lowest BCUT2D eigenvalue weighted by molar-refractivity contribution is 1.76. The van der Waals surface area contributed by atoms with E-state index in [0.29, 0.717) is 0 Å². The quantitative estimate of drug-likeness (QED) is 0.359. The van der Waals surface area contributed by atoms with E-state index in [0.717, 1.165) is 0 Å². The molecule has 0 N–H and O–H groups in total. The first-order chi connectivity index (χ1) is 10.8. The van der Waals surface area contributed by atoms with Crippen molar-refractivity contribution >= 4 is 40.1 Å². The number of rotatable bonds is 2. The molecule has 0 saturated carbocycles. The molecule has 0 aliphatic carbocycles. The lowest BCUT2D eigenvalue weighted by Crippen LogP contribution is -2.11. The second kappa shape index (κ2) is 5.55. The van der Waals surface area contributed by atoms with Crippen LogP contribution in [0.15, 0.2) is 84.9 Å². The Labute approximate surface area is 132 Å². The van der Waals surface area contributed by atoms with E-state index in [4.69, 9.17) is 0 Å². The van der Waals surface area contributed by atoms with Crippen LogP contribution in [0.3, 0.4) is 0 Å². The van der Waals surface area contributed by atoms with E-state index in [2.05, 4.69) is 91.6 Å². The predicted molar refractivity (Wildman–Crippen MR) is 100 cm³/mol. The Hall–Kier alpha value is -2.17. The van der Waals surface area contributed by atoms with Gasteiger partial charge in [-0.05, 0) is 52.8 Å². The molecule has 0 aliphatic rings. The number of fused-ring (bicyclic) bond motifs is 3. The van der Waals surface area contributed by atoms with Gasteiger partial charge in [0.05, 0.1) is 0 Å². The van der Waals surface area contributed by atoms with Gasteiger partial charge in [0.2, 0.25) is 0 Å². The van der Waals surface area contributed by atoms with Crippen molar-refractivity contribution in [2.24, 2.45) is 0 Å². The summed E-state index contributed by atoms with van der Waals surface area (Å²) in [6.07, 6.45) is 0. The van der Waals surface area contributed by atoms with E-state index in [-0.39, 0.29) is 7.92 Å². The third-order valence-electron chi connectivity index (χ3n) is 4.25. The number of hydrogen-bond donors (Lipinski definition) is 0. The van der Waals surface area contributed by atoms with Crippen molar-refractivity contribution in [2.45, 2.75) is 0 Å². The second-order valence-electron chi connectivity index (χ2n) is 5.56. The number of benzene rings is 4. The van der Waals surface area contributed by atoms with E-state index < -0.39 is 0 Å². The van der Waals surface area contributed by atoms with Crippen LogP contribution in [0.5, 0.6) is 0 Å². The zero-order valence-corrected chi connectivity index (χ0v) is 13.4. The molecule has 4 aromatic rings. The van der Waals surface area contributed by atoms with Crippen LogP contribution in [0.1, 0.15) is 0 Å². The minimum Gasteiger partial charge on any atom is -0.0622 e. The van der Waals surface area contributed by atoms with Gasteiger partial charge in [0.1, 0.15) is 0 Å². The van der Waals surface area contributed by atoms with E-state index in [1.165, 1.54) is 32.2 Å². The molecule has 1 atom stereocenters. The summed E-state index contributed by atoms with van der Waals surface area (Å²) < 4.78 is 0. The SMILES string of the molecule is CP(c1ccccc1)c1cc2ccccc2c2ccccc12. The molecule has 0 radical (unpaired) electrons. The van der Waals surface area contributed by atoms with E-state index in [9.17, 15) is 0 Å². The molecule has 0 aromatic heterocycles. The molecular formula is C21H17P. The van der Waals surface area contributed by atoms with Crippen LogP contribution in [-0.2, 0) is 0 Å². The van der Waals surface area contributed by atoms with Gasteiger partial charge in [-0.3, -0.25) is 0 Å². The maximum Gasteiger partial charge on any atom is -0.00973 e. The van der Waals surface area contributed by atoms with Gasteiger partial charge in [-0.2, -0.15) is 0 Å². The highest BCUT2D eigenvalue weighted by molar-refractivity contribution is 7.72. The molecule has 4 aromatic carbocycles.